The summed E-state index contributed by atoms with van der Waals surface area (Å²) in [5, 5.41) is 20.0. The van der Waals surface area contributed by atoms with Crippen molar-refractivity contribution < 1.29 is 15.1 Å². The molecular weight excluding hydrogens is 182 g/mol. The van der Waals surface area contributed by atoms with Crippen molar-refractivity contribution in [3.63, 3.8) is 0 Å². The van der Waals surface area contributed by atoms with Crippen LogP contribution in [-0.2, 0) is 4.79 Å². The van der Waals surface area contributed by atoms with Crippen LogP contribution in [0.2, 0.25) is 0 Å². The van der Waals surface area contributed by atoms with E-state index in [1.54, 1.807) is 19.1 Å². The minimum Gasteiger partial charge on any atom is -0.477 e. The van der Waals surface area contributed by atoms with Gasteiger partial charge in [0.15, 0.2) is 5.71 Å². The first-order valence-electron chi connectivity index (χ1n) is 4.17. The highest BCUT2D eigenvalue weighted by Gasteiger charge is 2.20. The molecule has 0 aliphatic heterocycles. The Labute approximate surface area is 81.5 Å². The van der Waals surface area contributed by atoms with Gasteiger partial charge in [-0.1, -0.05) is 42.4 Å². The molecule has 1 aromatic rings. The molecule has 0 fully saturated rings. The SMILES string of the molecule is CC(C(=NO)C(=O)O)c1ccccc1. The number of carboxylic acid groups (broad SMARTS) is 1. The van der Waals surface area contributed by atoms with Crippen molar-refractivity contribution >= 4 is 11.7 Å². The number of hydrogen-bond acceptors (Lipinski definition) is 3. The van der Waals surface area contributed by atoms with Crippen LogP contribution in [0.5, 0.6) is 0 Å². The van der Waals surface area contributed by atoms with E-state index in [9.17, 15) is 4.79 Å². The fourth-order valence-corrected chi connectivity index (χ4v) is 1.21. The van der Waals surface area contributed by atoms with Gasteiger partial charge in [-0.05, 0) is 5.56 Å². The van der Waals surface area contributed by atoms with Gasteiger partial charge in [-0.3, -0.25) is 0 Å². The second-order valence-corrected chi connectivity index (χ2v) is 2.92. The summed E-state index contributed by atoms with van der Waals surface area (Å²) in [6.07, 6.45) is 0. The zero-order valence-electron chi connectivity index (χ0n) is 7.71. The molecule has 1 rings (SSSR count). The molecule has 0 aliphatic carbocycles. The lowest BCUT2D eigenvalue weighted by Gasteiger charge is -2.09. The maximum Gasteiger partial charge on any atom is 0.354 e. The van der Waals surface area contributed by atoms with Crippen LogP contribution in [0, 0.1) is 0 Å². The van der Waals surface area contributed by atoms with Crippen LogP contribution >= 0.6 is 0 Å². The fraction of sp³-hybridized carbons (Fsp3) is 0.200. The number of benzene rings is 1. The molecule has 0 amide bonds. The zero-order valence-corrected chi connectivity index (χ0v) is 7.71. The van der Waals surface area contributed by atoms with Crippen LogP contribution in [-0.4, -0.2) is 22.0 Å². The lowest BCUT2D eigenvalue weighted by atomic mass is 9.96. The molecule has 74 valence electrons. The van der Waals surface area contributed by atoms with Crippen LogP contribution in [0.15, 0.2) is 35.5 Å². The predicted molar refractivity (Wildman–Crippen MR) is 51.7 cm³/mol. The van der Waals surface area contributed by atoms with Gasteiger partial charge in [0.1, 0.15) is 0 Å². The summed E-state index contributed by atoms with van der Waals surface area (Å²) in [6.45, 7) is 1.68. The monoisotopic (exact) mass is 193 g/mol. The van der Waals surface area contributed by atoms with Gasteiger partial charge in [-0.15, -0.1) is 0 Å². The summed E-state index contributed by atoms with van der Waals surface area (Å²) >= 11 is 0. The number of hydrogen-bond donors (Lipinski definition) is 2. The number of aliphatic carboxylic acids is 1. The van der Waals surface area contributed by atoms with Crippen molar-refractivity contribution in [3.8, 4) is 0 Å². The summed E-state index contributed by atoms with van der Waals surface area (Å²) < 4.78 is 0. The molecule has 2 N–H and O–H groups in total. The Morgan fingerprint density at radius 2 is 1.93 bits per heavy atom. The van der Waals surface area contributed by atoms with Crippen LogP contribution < -0.4 is 0 Å². The summed E-state index contributed by atoms with van der Waals surface area (Å²) in [5.74, 6) is -1.62. The Kier molecular flexibility index (Phi) is 3.23. The quantitative estimate of drug-likeness (QED) is 0.436. The summed E-state index contributed by atoms with van der Waals surface area (Å²) in [4.78, 5) is 10.7. The lowest BCUT2D eigenvalue weighted by Crippen LogP contribution is -2.19. The first kappa shape index (κ1) is 10.2. The van der Waals surface area contributed by atoms with Gasteiger partial charge >= 0.3 is 5.97 Å². The Hall–Kier alpha value is -1.84. The minimum absolute atomic E-state index is 0.254. The summed E-state index contributed by atoms with van der Waals surface area (Å²) in [7, 11) is 0. The molecule has 0 aromatic heterocycles. The molecule has 1 unspecified atom stereocenters. The first-order chi connectivity index (χ1) is 6.66. The van der Waals surface area contributed by atoms with Crippen molar-refractivity contribution in [2.75, 3.05) is 0 Å². The largest absolute Gasteiger partial charge is 0.477 e. The third kappa shape index (κ3) is 2.10. The van der Waals surface area contributed by atoms with Crippen LogP contribution in [0.4, 0.5) is 0 Å². The molecule has 0 bridgehead atoms. The number of carbonyl (C=O) groups is 1. The van der Waals surface area contributed by atoms with Crippen molar-refractivity contribution in [1.82, 2.24) is 0 Å². The molecule has 1 aromatic carbocycles. The van der Waals surface area contributed by atoms with E-state index in [1.807, 2.05) is 18.2 Å². The molecule has 0 spiro atoms. The standard InChI is InChI=1S/C10H11NO3/c1-7(9(11-14)10(12)13)8-5-3-2-4-6-8/h2-7,14H,1H3,(H,12,13). The minimum atomic E-state index is -1.20. The molecule has 1 atom stereocenters. The smallest absolute Gasteiger partial charge is 0.354 e. The molecule has 0 heterocycles. The normalized spacial score (nSPS) is 13.6. The van der Waals surface area contributed by atoms with E-state index in [0.29, 0.717) is 0 Å². The van der Waals surface area contributed by atoms with Crippen LogP contribution in [0.1, 0.15) is 18.4 Å². The fourth-order valence-electron chi connectivity index (χ4n) is 1.21. The van der Waals surface area contributed by atoms with E-state index in [2.05, 4.69) is 5.16 Å². The maximum atomic E-state index is 10.7. The molecule has 0 radical (unpaired) electrons. The predicted octanol–water partition coefficient (Wildman–Crippen LogP) is 1.70. The van der Waals surface area contributed by atoms with E-state index in [0.717, 1.165) is 5.56 Å². The van der Waals surface area contributed by atoms with Crippen molar-refractivity contribution in [3.05, 3.63) is 35.9 Å². The van der Waals surface area contributed by atoms with Crippen molar-refractivity contribution in [2.24, 2.45) is 5.16 Å². The average molecular weight is 193 g/mol. The van der Waals surface area contributed by atoms with Gasteiger partial charge in [-0.25, -0.2) is 4.79 Å². The second-order valence-electron chi connectivity index (χ2n) is 2.92. The number of nitrogens with zero attached hydrogens (tertiary/aromatic N) is 1. The Morgan fingerprint density at radius 3 is 2.36 bits per heavy atom. The number of carboxylic acids is 1. The number of rotatable bonds is 3. The Morgan fingerprint density at radius 1 is 1.36 bits per heavy atom. The molecule has 0 saturated heterocycles. The summed E-state index contributed by atoms with van der Waals surface area (Å²) in [5.41, 5.74) is 0.555. The number of oxime groups is 1. The first-order valence-corrected chi connectivity index (χ1v) is 4.17. The maximum absolute atomic E-state index is 10.7. The highest BCUT2D eigenvalue weighted by Crippen LogP contribution is 2.16. The van der Waals surface area contributed by atoms with E-state index < -0.39 is 11.9 Å². The lowest BCUT2D eigenvalue weighted by molar-refractivity contribution is -0.129. The van der Waals surface area contributed by atoms with Crippen molar-refractivity contribution in [2.45, 2.75) is 12.8 Å². The van der Waals surface area contributed by atoms with Gasteiger partial charge in [0.2, 0.25) is 0 Å². The van der Waals surface area contributed by atoms with E-state index in [4.69, 9.17) is 10.3 Å². The highest BCUT2D eigenvalue weighted by molar-refractivity contribution is 6.37. The topological polar surface area (TPSA) is 69.9 Å². The van der Waals surface area contributed by atoms with Crippen molar-refractivity contribution in [1.29, 1.82) is 0 Å². The zero-order chi connectivity index (χ0) is 10.6. The molecule has 14 heavy (non-hydrogen) atoms. The molecule has 4 nitrogen and oxygen atoms in total. The Balaban J connectivity index is 2.96. The van der Waals surface area contributed by atoms with E-state index >= 15 is 0 Å². The molecule has 0 aliphatic rings. The molecule has 4 heteroatoms. The second kappa shape index (κ2) is 4.41. The third-order valence-corrected chi connectivity index (χ3v) is 2.04. The van der Waals surface area contributed by atoms with Crippen LogP contribution in [0.25, 0.3) is 0 Å². The van der Waals surface area contributed by atoms with E-state index in [1.165, 1.54) is 0 Å². The van der Waals surface area contributed by atoms with Gasteiger partial charge in [0.25, 0.3) is 0 Å². The average Bonchev–Trinajstić information content (AvgIpc) is 2.19. The Bertz CT molecular complexity index is 346. The molecule has 0 saturated carbocycles. The van der Waals surface area contributed by atoms with E-state index in [-0.39, 0.29) is 5.71 Å². The molecular formula is C10H11NO3. The highest BCUT2D eigenvalue weighted by atomic mass is 16.4. The van der Waals surface area contributed by atoms with Gasteiger partial charge < -0.3 is 10.3 Å². The van der Waals surface area contributed by atoms with Gasteiger partial charge in [0, 0.05) is 5.92 Å². The van der Waals surface area contributed by atoms with Gasteiger partial charge in [-0.2, -0.15) is 0 Å². The summed E-state index contributed by atoms with van der Waals surface area (Å²) in [6, 6.07) is 9.04. The van der Waals surface area contributed by atoms with Gasteiger partial charge in [0.05, 0.1) is 0 Å². The third-order valence-electron chi connectivity index (χ3n) is 2.04. The van der Waals surface area contributed by atoms with Crippen LogP contribution in [0.3, 0.4) is 0 Å².